The van der Waals surface area contributed by atoms with Crippen molar-refractivity contribution >= 4 is 28.5 Å². The minimum Gasteiger partial charge on any atom is -0.352 e. The monoisotopic (exact) mass is 421 g/mol. The van der Waals surface area contributed by atoms with E-state index in [2.05, 4.69) is 18.3 Å². The van der Waals surface area contributed by atoms with Gasteiger partial charge in [-0.05, 0) is 61.7 Å². The molecule has 0 aliphatic carbocycles. The number of aromatic nitrogens is 4. The van der Waals surface area contributed by atoms with E-state index in [-0.39, 0.29) is 5.91 Å². The first-order chi connectivity index (χ1) is 14.5. The molecule has 4 aromatic rings. The average molecular weight is 422 g/mol. The van der Waals surface area contributed by atoms with Gasteiger partial charge in [-0.2, -0.15) is 5.10 Å². The van der Waals surface area contributed by atoms with E-state index in [4.69, 9.17) is 21.7 Å². The fourth-order valence-corrected chi connectivity index (χ4v) is 3.84. The molecule has 4 rings (SSSR count). The maximum atomic E-state index is 12.3. The first-order valence-corrected chi connectivity index (χ1v) is 10.4. The van der Waals surface area contributed by atoms with Crippen molar-refractivity contribution < 1.29 is 4.79 Å². The molecule has 0 spiro atoms. The van der Waals surface area contributed by atoms with Crippen LogP contribution in [0.15, 0.2) is 54.9 Å². The number of amides is 1. The van der Waals surface area contributed by atoms with Crippen molar-refractivity contribution in [1.29, 1.82) is 0 Å². The van der Waals surface area contributed by atoms with Gasteiger partial charge in [-0.25, -0.2) is 9.67 Å². The Kier molecular flexibility index (Phi) is 5.86. The normalized spacial score (nSPS) is 11.2. The predicted molar refractivity (Wildman–Crippen MR) is 119 cm³/mol. The maximum Gasteiger partial charge on any atom is 0.220 e. The fourth-order valence-electron chi connectivity index (χ4n) is 3.63. The van der Waals surface area contributed by atoms with E-state index in [1.165, 1.54) is 0 Å². The van der Waals surface area contributed by atoms with E-state index < -0.39 is 0 Å². The summed E-state index contributed by atoms with van der Waals surface area (Å²) in [7, 11) is 0. The highest BCUT2D eigenvalue weighted by atomic mass is 35.5. The number of nitrogens with one attached hydrogen (secondary N) is 1. The zero-order valence-corrected chi connectivity index (χ0v) is 17.9. The molecular weight excluding hydrogens is 398 g/mol. The maximum absolute atomic E-state index is 12.3. The van der Waals surface area contributed by atoms with Crippen molar-refractivity contribution in [2.45, 2.75) is 39.8 Å². The Labute approximate surface area is 180 Å². The summed E-state index contributed by atoms with van der Waals surface area (Å²) >= 11 is 5.99. The van der Waals surface area contributed by atoms with E-state index in [0.29, 0.717) is 31.0 Å². The molecular formula is C23H24ClN5O. The number of hydrogen-bond donors (Lipinski definition) is 1. The van der Waals surface area contributed by atoms with Gasteiger partial charge in [0.05, 0.1) is 5.39 Å². The highest BCUT2D eigenvalue weighted by Crippen LogP contribution is 2.25. The molecule has 0 saturated carbocycles. The standard InChI is InChI=1S/C23H24ClN5O/c1-16-13-17(2)26-22-21(16)23(28-10-3-4-11-28)27-29(22)12-6-9-20(30)25-15-18-7-5-8-19(24)14-18/h3-5,7-8,10-11,13-14H,6,9,12,15H2,1-2H3,(H,25,30). The molecule has 0 aliphatic heterocycles. The minimum atomic E-state index is 0.0115. The van der Waals surface area contributed by atoms with Crippen LogP contribution in [0.4, 0.5) is 0 Å². The molecule has 6 nitrogen and oxygen atoms in total. The van der Waals surface area contributed by atoms with Gasteiger partial charge >= 0.3 is 0 Å². The van der Waals surface area contributed by atoms with Crippen LogP contribution in [-0.2, 0) is 17.9 Å². The number of nitrogens with zero attached hydrogens (tertiary/aromatic N) is 4. The molecule has 0 bridgehead atoms. The lowest BCUT2D eigenvalue weighted by Crippen LogP contribution is -2.22. The Morgan fingerprint density at radius 2 is 1.93 bits per heavy atom. The summed E-state index contributed by atoms with van der Waals surface area (Å²) in [5, 5.41) is 9.47. The second kappa shape index (κ2) is 8.71. The number of fused-ring (bicyclic) bond motifs is 1. The number of benzene rings is 1. The van der Waals surface area contributed by atoms with Gasteiger partial charge in [-0.3, -0.25) is 4.79 Å². The molecule has 30 heavy (non-hydrogen) atoms. The van der Waals surface area contributed by atoms with Crippen molar-refractivity contribution in [1.82, 2.24) is 24.6 Å². The van der Waals surface area contributed by atoms with Gasteiger partial charge in [0.2, 0.25) is 5.91 Å². The van der Waals surface area contributed by atoms with Gasteiger partial charge in [0.25, 0.3) is 0 Å². The van der Waals surface area contributed by atoms with Gasteiger partial charge in [0, 0.05) is 42.6 Å². The first kappa shape index (κ1) is 20.2. The highest BCUT2D eigenvalue weighted by molar-refractivity contribution is 6.30. The van der Waals surface area contributed by atoms with Crippen molar-refractivity contribution in [2.24, 2.45) is 0 Å². The van der Waals surface area contributed by atoms with Gasteiger partial charge < -0.3 is 9.88 Å². The summed E-state index contributed by atoms with van der Waals surface area (Å²) in [6.07, 6.45) is 5.06. The third kappa shape index (κ3) is 4.39. The number of carbonyl (C=O) groups is 1. The van der Waals surface area contributed by atoms with Crippen LogP contribution in [0.3, 0.4) is 0 Å². The summed E-state index contributed by atoms with van der Waals surface area (Å²) in [5.41, 5.74) is 3.95. The summed E-state index contributed by atoms with van der Waals surface area (Å²) in [6, 6.07) is 13.5. The smallest absolute Gasteiger partial charge is 0.220 e. The van der Waals surface area contributed by atoms with E-state index >= 15 is 0 Å². The highest BCUT2D eigenvalue weighted by Gasteiger charge is 2.16. The summed E-state index contributed by atoms with van der Waals surface area (Å²) in [5.74, 6) is 0.878. The lowest BCUT2D eigenvalue weighted by Gasteiger charge is -2.07. The third-order valence-electron chi connectivity index (χ3n) is 5.01. The number of carbonyl (C=O) groups excluding carboxylic acids is 1. The van der Waals surface area contributed by atoms with Crippen LogP contribution >= 0.6 is 11.6 Å². The fraction of sp³-hybridized carbons (Fsp3) is 0.261. The molecule has 1 N–H and O–H groups in total. The van der Waals surface area contributed by atoms with Crippen LogP contribution in [0.5, 0.6) is 0 Å². The largest absolute Gasteiger partial charge is 0.352 e. The molecule has 0 unspecified atom stereocenters. The van der Waals surface area contributed by atoms with Crippen molar-refractivity contribution in [3.63, 3.8) is 0 Å². The Morgan fingerprint density at radius 3 is 2.70 bits per heavy atom. The molecule has 0 saturated heterocycles. The molecule has 7 heteroatoms. The van der Waals surface area contributed by atoms with Crippen molar-refractivity contribution in [3.05, 3.63) is 76.7 Å². The Balaban J connectivity index is 1.44. The lowest BCUT2D eigenvalue weighted by molar-refractivity contribution is -0.121. The van der Waals surface area contributed by atoms with Crippen molar-refractivity contribution in [2.75, 3.05) is 0 Å². The first-order valence-electron chi connectivity index (χ1n) is 10.0. The second-order valence-corrected chi connectivity index (χ2v) is 7.86. The Hall–Kier alpha value is -3.12. The van der Waals surface area contributed by atoms with Crippen LogP contribution in [0.1, 0.15) is 29.7 Å². The SMILES string of the molecule is Cc1cc(C)c2c(-n3cccc3)nn(CCCC(=O)NCc3cccc(Cl)c3)c2n1. The molecule has 3 heterocycles. The number of aryl methyl sites for hydroxylation is 3. The van der Waals surface area contributed by atoms with Gasteiger partial charge in [0.15, 0.2) is 11.5 Å². The molecule has 154 valence electrons. The molecule has 1 aromatic carbocycles. The van der Waals surface area contributed by atoms with Gasteiger partial charge in [0.1, 0.15) is 0 Å². The van der Waals surface area contributed by atoms with Gasteiger partial charge in [-0.1, -0.05) is 23.7 Å². The number of hydrogen-bond acceptors (Lipinski definition) is 3. The lowest BCUT2D eigenvalue weighted by atomic mass is 10.2. The van der Waals surface area contributed by atoms with Crippen LogP contribution in [0, 0.1) is 13.8 Å². The van der Waals surface area contributed by atoms with Crippen LogP contribution in [0.2, 0.25) is 5.02 Å². The predicted octanol–water partition coefficient (Wildman–Crippen LogP) is 4.59. The number of pyridine rings is 1. The van der Waals surface area contributed by atoms with E-state index in [1.54, 1.807) is 0 Å². The minimum absolute atomic E-state index is 0.0115. The van der Waals surface area contributed by atoms with Crippen LogP contribution in [-0.4, -0.2) is 25.2 Å². The molecule has 0 fully saturated rings. The summed E-state index contributed by atoms with van der Waals surface area (Å²) in [4.78, 5) is 17.0. The molecule has 1 amide bonds. The molecule has 0 aliphatic rings. The van der Waals surface area contributed by atoms with Crippen LogP contribution in [0.25, 0.3) is 16.9 Å². The topological polar surface area (TPSA) is 64.7 Å². The third-order valence-corrected chi connectivity index (χ3v) is 5.25. The Bertz CT molecular complexity index is 1180. The zero-order valence-electron chi connectivity index (χ0n) is 17.1. The molecule has 0 atom stereocenters. The zero-order chi connectivity index (χ0) is 21.1. The summed E-state index contributed by atoms with van der Waals surface area (Å²) < 4.78 is 3.91. The van der Waals surface area contributed by atoms with Crippen LogP contribution < -0.4 is 5.32 Å². The van der Waals surface area contributed by atoms with E-state index in [9.17, 15) is 4.79 Å². The number of rotatable bonds is 7. The second-order valence-electron chi connectivity index (χ2n) is 7.43. The Morgan fingerprint density at radius 1 is 1.13 bits per heavy atom. The molecule has 0 radical (unpaired) electrons. The summed E-state index contributed by atoms with van der Waals surface area (Å²) in [6.45, 7) is 5.17. The van der Waals surface area contributed by atoms with Crippen molar-refractivity contribution in [3.8, 4) is 5.82 Å². The average Bonchev–Trinajstić information content (AvgIpc) is 3.35. The quantitative estimate of drug-likeness (QED) is 0.474. The molecule has 3 aromatic heterocycles. The van der Waals surface area contributed by atoms with Gasteiger partial charge in [-0.15, -0.1) is 0 Å². The van der Waals surface area contributed by atoms with E-state index in [1.807, 2.05) is 65.0 Å². The van der Waals surface area contributed by atoms with E-state index in [0.717, 1.165) is 33.7 Å². The number of halogens is 1.